The van der Waals surface area contributed by atoms with Crippen molar-refractivity contribution in [3.8, 4) is 5.75 Å². The van der Waals surface area contributed by atoms with Crippen LogP contribution in [-0.4, -0.2) is 23.4 Å². The fraction of sp³-hybridized carbons (Fsp3) is 0.214. The number of amides is 1. The van der Waals surface area contributed by atoms with Gasteiger partial charge in [0.2, 0.25) is 0 Å². The average molecular weight is 460 g/mol. The molecule has 1 fully saturated rings. The van der Waals surface area contributed by atoms with Gasteiger partial charge in [0.1, 0.15) is 17.3 Å². The van der Waals surface area contributed by atoms with Gasteiger partial charge in [-0.2, -0.15) is 0 Å². The van der Waals surface area contributed by atoms with Crippen LogP contribution in [0.3, 0.4) is 0 Å². The summed E-state index contributed by atoms with van der Waals surface area (Å²) in [6.07, 6.45) is 0.853. The van der Waals surface area contributed by atoms with Crippen LogP contribution >= 0.6 is 0 Å². The standard InChI is InChI=1S/C28H26FNO4/c1-4-15-34-23-14-11-19(16-18(23)3)26(31)24-25(21-7-5-6-8-22(21)29)30(28(33)27(24)32)20-12-9-17(2)10-13-20/h5-14,16,25,31H,4,15H2,1-3H3/b26-24+. The number of Topliss-reactive ketones (excluding diaryl/α,β-unsaturated/α-hetero) is 1. The molecule has 1 aliphatic heterocycles. The summed E-state index contributed by atoms with van der Waals surface area (Å²) in [5, 5.41) is 11.2. The number of hydrogen-bond acceptors (Lipinski definition) is 4. The predicted octanol–water partition coefficient (Wildman–Crippen LogP) is 5.86. The summed E-state index contributed by atoms with van der Waals surface area (Å²) >= 11 is 0. The Morgan fingerprint density at radius 2 is 1.74 bits per heavy atom. The Kier molecular flexibility index (Phi) is 6.50. The quantitative estimate of drug-likeness (QED) is 0.285. The summed E-state index contributed by atoms with van der Waals surface area (Å²) < 4.78 is 20.7. The third-order valence-electron chi connectivity index (χ3n) is 5.87. The van der Waals surface area contributed by atoms with E-state index in [0.717, 1.165) is 17.5 Å². The van der Waals surface area contributed by atoms with Gasteiger partial charge in [-0.3, -0.25) is 14.5 Å². The molecule has 174 valence electrons. The minimum absolute atomic E-state index is 0.128. The van der Waals surface area contributed by atoms with Gasteiger partial charge in [0.15, 0.2) is 0 Å². The number of aliphatic hydroxyl groups is 1. The predicted molar refractivity (Wildman–Crippen MR) is 129 cm³/mol. The Bertz CT molecular complexity index is 1280. The summed E-state index contributed by atoms with van der Waals surface area (Å²) in [6, 6.07) is 16.9. The molecule has 1 heterocycles. The molecule has 1 aliphatic rings. The zero-order valence-electron chi connectivity index (χ0n) is 19.3. The average Bonchev–Trinajstić information content (AvgIpc) is 3.09. The summed E-state index contributed by atoms with van der Waals surface area (Å²) in [5.74, 6) is -1.94. The second kappa shape index (κ2) is 9.51. The molecule has 1 saturated heterocycles. The Morgan fingerprint density at radius 3 is 2.38 bits per heavy atom. The highest BCUT2D eigenvalue weighted by atomic mass is 19.1. The molecule has 1 N–H and O–H groups in total. The van der Waals surface area contributed by atoms with E-state index in [9.17, 15) is 19.1 Å². The van der Waals surface area contributed by atoms with Crippen molar-refractivity contribution >= 4 is 23.1 Å². The highest BCUT2D eigenvalue weighted by Gasteiger charge is 2.47. The number of benzene rings is 3. The van der Waals surface area contributed by atoms with Gasteiger partial charge in [-0.15, -0.1) is 0 Å². The Hall–Kier alpha value is -3.93. The maximum atomic E-state index is 15.0. The topological polar surface area (TPSA) is 66.8 Å². The highest BCUT2D eigenvalue weighted by Crippen LogP contribution is 2.43. The van der Waals surface area contributed by atoms with Crippen molar-refractivity contribution in [2.75, 3.05) is 11.5 Å². The lowest BCUT2D eigenvalue weighted by Gasteiger charge is -2.26. The lowest BCUT2D eigenvalue weighted by atomic mass is 9.94. The van der Waals surface area contributed by atoms with Gasteiger partial charge in [0.25, 0.3) is 11.7 Å². The molecule has 3 aromatic rings. The molecular weight excluding hydrogens is 433 g/mol. The lowest BCUT2D eigenvalue weighted by Crippen LogP contribution is -2.29. The van der Waals surface area contributed by atoms with Crippen LogP contribution in [-0.2, 0) is 9.59 Å². The monoisotopic (exact) mass is 459 g/mol. The summed E-state index contributed by atoms with van der Waals surface area (Å²) in [4.78, 5) is 27.6. The van der Waals surface area contributed by atoms with E-state index in [1.807, 2.05) is 32.9 Å². The van der Waals surface area contributed by atoms with E-state index < -0.39 is 23.5 Å². The number of nitrogens with zero attached hydrogens (tertiary/aromatic N) is 1. The van der Waals surface area contributed by atoms with Gasteiger partial charge in [0, 0.05) is 16.8 Å². The second-order valence-electron chi connectivity index (χ2n) is 8.35. The SMILES string of the molecule is CCCOc1ccc(/C(O)=C2\C(=O)C(=O)N(c3ccc(C)cc3)C2c2ccccc2F)cc1C. The number of aryl methyl sites for hydroxylation is 2. The van der Waals surface area contributed by atoms with Crippen LogP contribution in [0.4, 0.5) is 10.1 Å². The largest absolute Gasteiger partial charge is 0.507 e. The van der Waals surface area contributed by atoms with Crippen LogP contribution < -0.4 is 9.64 Å². The Labute approximate surface area is 198 Å². The fourth-order valence-corrected chi connectivity index (χ4v) is 4.12. The normalized spacial score (nSPS) is 17.3. The molecule has 1 atom stereocenters. The molecule has 34 heavy (non-hydrogen) atoms. The van der Waals surface area contributed by atoms with Crippen molar-refractivity contribution in [3.63, 3.8) is 0 Å². The molecule has 1 amide bonds. The van der Waals surface area contributed by atoms with Crippen molar-refractivity contribution < 1.29 is 23.8 Å². The molecule has 0 spiro atoms. The van der Waals surface area contributed by atoms with E-state index >= 15 is 0 Å². The first-order valence-electron chi connectivity index (χ1n) is 11.2. The van der Waals surface area contributed by atoms with Gasteiger partial charge in [-0.05, 0) is 62.2 Å². The molecule has 4 rings (SSSR count). The van der Waals surface area contributed by atoms with Gasteiger partial charge in [-0.1, -0.05) is 42.8 Å². The molecule has 0 bridgehead atoms. The first-order valence-corrected chi connectivity index (χ1v) is 11.2. The molecule has 6 heteroatoms. The van der Waals surface area contributed by atoms with Crippen LogP contribution in [0.25, 0.3) is 5.76 Å². The van der Waals surface area contributed by atoms with Crippen LogP contribution in [0.15, 0.2) is 72.3 Å². The van der Waals surface area contributed by atoms with E-state index in [1.54, 1.807) is 36.4 Å². The smallest absolute Gasteiger partial charge is 0.300 e. The number of carbonyl (C=O) groups is 2. The van der Waals surface area contributed by atoms with Crippen LogP contribution in [0, 0.1) is 19.7 Å². The van der Waals surface area contributed by atoms with Crippen molar-refractivity contribution in [2.24, 2.45) is 0 Å². The Morgan fingerprint density at radius 1 is 1.03 bits per heavy atom. The molecule has 1 unspecified atom stereocenters. The fourth-order valence-electron chi connectivity index (χ4n) is 4.12. The molecule has 5 nitrogen and oxygen atoms in total. The van der Waals surface area contributed by atoms with Gasteiger partial charge in [0.05, 0.1) is 18.2 Å². The van der Waals surface area contributed by atoms with Crippen LogP contribution in [0.5, 0.6) is 5.75 Å². The number of hydrogen-bond donors (Lipinski definition) is 1. The minimum atomic E-state index is -1.11. The van der Waals surface area contributed by atoms with E-state index in [0.29, 0.717) is 23.6 Å². The van der Waals surface area contributed by atoms with Gasteiger partial charge in [-0.25, -0.2) is 4.39 Å². The molecule has 0 radical (unpaired) electrons. The Balaban J connectivity index is 1.89. The van der Waals surface area contributed by atoms with E-state index in [2.05, 4.69) is 0 Å². The first kappa shape index (κ1) is 23.2. The lowest BCUT2D eigenvalue weighted by molar-refractivity contribution is -0.132. The van der Waals surface area contributed by atoms with Crippen molar-refractivity contribution in [1.82, 2.24) is 0 Å². The number of rotatable bonds is 6. The zero-order valence-corrected chi connectivity index (χ0v) is 19.3. The number of carbonyl (C=O) groups excluding carboxylic acids is 2. The van der Waals surface area contributed by atoms with Crippen molar-refractivity contribution in [2.45, 2.75) is 33.2 Å². The third-order valence-corrected chi connectivity index (χ3v) is 5.87. The van der Waals surface area contributed by atoms with E-state index in [4.69, 9.17) is 4.74 Å². The number of ether oxygens (including phenoxy) is 1. The van der Waals surface area contributed by atoms with E-state index in [1.165, 1.54) is 23.1 Å². The van der Waals surface area contributed by atoms with Gasteiger partial charge < -0.3 is 9.84 Å². The van der Waals surface area contributed by atoms with Crippen molar-refractivity contribution in [1.29, 1.82) is 0 Å². The maximum Gasteiger partial charge on any atom is 0.300 e. The number of ketones is 1. The minimum Gasteiger partial charge on any atom is -0.507 e. The molecule has 3 aromatic carbocycles. The highest BCUT2D eigenvalue weighted by molar-refractivity contribution is 6.51. The summed E-state index contributed by atoms with van der Waals surface area (Å²) in [5.41, 5.74) is 2.51. The molecule has 0 saturated carbocycles. The third kappa shape index (κ3) is 4.19. The maximum absolute atomic E-state index is 15.0. The van der Waals surface area contributed by atoms with Crippen LogP contribution in [0.2, 0.25) is 0 Å². The van der Waals surface area contributed by atoms with Crippen molar-refractivity contribution in [3.05, 3.63) is 100 Å². The van der Waals surface area contributed by atoms with E-state index in [-0.39, 0.29) is 16.9 Å². The number of halogens is 1. The summed E-state index contributed by atoms with van der Waals surface area (Å²) in [6.45, 7) is 6.30. The van der Waals surface area contributed by atoms with Crippen LogP contribution in [0.1, 0.15) is 41.6 Å². The molecule has 0 aliphatic carbocycles. The second-order valence-corrected chi connectivity index (χ2v) is 8.35. The first-order chi connectivity index (χ1) is 16.3. The number of aliphatic hydroxyl groups excluding tert-OH is 1. The molecular formula is C28H26FNO4. The van der Waals surface area contributed by atoms with Gasteiger partial charge >= 0.3 is 0 Å². The number of anilines is 1. The summed E-state index contributed by atoms with van der Waals surface area (Å²) in [7, 11) is 0. The molecule has 0 aromatic heterocycles. The zero-order chi connectivity index (χ0) is 24.4.